The number of fused-ring (bicyclic) bond motifs is 2. The zero-order chi connectivity index (χ0) is 12.3. The Kier molecular flexibility index (Phi) is 4.83. The molecule has 17 heavy (non-hydrogen) atoms. The number of likely N-dealkylation sites (N-methyl/N-ethyl adjacent to an activating group) is 1. The molecule has 0 aromatic heterocycles. The standard InChI is InChI=1S/C14H29N3/c1-4-7-17(9-8-16(2)3)11-12-10-13-5-6-14(12)15-13/h12-15H,4-11H2,1-3H3. The first-order valence-electron chi connectivity index (χ1n) is 7.32. The third-order valence-corrected chi connectivity index (χ3v) is 4.33. The summed E-state index contributed by atoms with van der Waals surface area (Å²) in [5.41, 5.74) is 0. The highest BCUT2D eigenvalue weighted by Gasteiger charge is 2.39. The highest BCUT2D eigenvalue weighted by Crippen LogP contribution is 2.33. The predicted molar refractivity (Wildman–Crippen MR) is 73.3 cm³/mol. The smallest absolute Gasteiger partial charge is 0.0111 e. The third-order valence-electron chi connectivity index (χ3n) is 4.33. The molecule has 0 saturated carbocycles. The van der Waals surface area contributed by atoms with Gasteiger partial charge in [0, 0.05) is 31.7 Å². The van der Waals surface area contributed by atoms with Crippen molar-refractivity contribution in [3.05, 3.63) is 0 Å². The number of nitrogens with one attached hydrogen (secondary N) is 1. The maximum absolute atomic E-state index is 3.75. The van der Waals surface area contributed by atoms with Crippen LogP contribution in [0.2, 0.25) is 0 Å². The first-order chi connectivity index (χ1) is 8.19. The average Bonchev–Trinajstić information content (AvgIpc) is 2.88. The third kappa shape index (κ3) is 3.67. The summed E-state index contributed by atoms with van der Waals surface area (Å²) in [4.78, 5) is 4.97. The van der Waals surface area contributed by atoms with Crippen LogP contribution < -0.4 is 5.32 Å². The summed E-state index contributed by atoms with van der Waals surface area (Å²) in [6.07, 6.45) is 5.55. The van der Waals surface area contributed by atoms with Crippen LogP contribution in [0.15, 0.2) is 0 Å². The van der Waals surface area contributed by atoms with E-state index in [9.17, 15) is 0 Å². The molecule has 0 amide bonds. The van der Waals surface area contributed by atoms with Crippen LogP contribution in [0.1, 0.15) is 32.6 Å². The van der Waals surface area contributed by atoms with Gasteiger partial charge in [0.15, 0.2) is 0 Å². The van der Waals surface area contributed by atoms with Crippen LogP contribution in [-0.4, -0.2) is 62.2 Å². The SMILES string of the molecule is CCCN(CCN(C)C)CC1CC2CCC1N2. The molecule has 100 valence electrons. The van der Waals surface area contributed by atoms with Crippen molar-refractivity contribution in [2.75, 3.05) is 40.3 Å². The van der Waals surface area contributed by atoms with Crippen molar-refractivity contribution in [2.24, 2.45) is 5.92 Å². The minimum absolute atomic E-state index is 0.832. The maximum Gasteiger partial charge on any atom is 0.0111 e. The molecule has 2 heterocycles. The first-order valence-corrected chi connectivity index (χ1v) is 7.32. The summed E-state index contributed by atoms with van der Waals surface area (Å²) >= 11 is 0. The molecule has 2 aliphatic heterocycles. The molecule has 0 radical (unpaired) electrons. The van der Waals surface area contributed by atoms with Crippen molar-refractivity contribution >= 4 is 0 Å². The summed E-state index contributed by atoms with van der Waals surface area (Å²) in [5.74, 6) is 0.919. The highest BCUT2D eigenvalue weighted by molar-refractivity contribution is 4.98. The van der Waals surface area contributed by atoms with Crippen molar-refractivity contribution in [2.45, 2.75) is 44.7 Å². The van der Waals surface area contributed by atoms with Gasteiger partial charge >= 0.3 is 0 Å². The monoisotopic (exact) mass is 239 g/mol. The normalized spacial score (nSPS) is 31.9. The van der Waals surface area contributed by atoms with Crippen molar-refractivity contribution in [3.63, 3.8) is 0 Å². The molecule has 2 fully saturated rings. The fraction of sp³-hybridized carbons (Fsp3) is 1.00. The van der Waals surface area contributed by atoms with E-state index in [1.54, 1.807) is 0 Å². The lowest BCUT2D eigenvalue weighted by atomic mass is 9.89. The molecule has 3 heteroatoms. The molecule has 2 bridgehead atoms. The average molecular weight is 239 g/mol. The summed E-state index contributed by atoms with van der Waals surface area (Å²) in [6.45, 7) is 7.29. The second-order valence-corrected chi connectivity index (χ2v) is 6.15. The van der Waals surface area contributed by atoms with Crippen LogP contribution in [0, 0.1) is 5.92 Å². The largest absolute Gasteiger partial charge is 0.311 e. The summed E-state index contributed by atoms with van der Waals surface area (Å²) in [7, 11) is 4.34. The van der Waals surface area contributed by atoms with Gasteiger partial charge in [-0.3, -0.25) is 0 Å². The van der Waals surface area contributed by atoms with E-state index in [2.05, 4.69) is 36.1 Å². The zero-order valence-electron chi connectivity index (χ0n) is 11.8. The maximum atomic E-state index is 3.75. The topological polar surface area (TPSA) is 18.5 Å². The lowest BCUT2D eigenvalue weighted by Crippen LogP contribution is -2.39. The molecule has 0 aliphatic carbocycles. The van der Waals surface area contributed by atoms with Gasteiger partial charge in [0.05, 0.1) is 0 Å². The van der Waals surface area contributed by atoms with E-state index in [0.29, 0.717) is 0 Å². The van der Waals surface area contributed by atoms with Gasteiger partial charge in [-0.1, -0.05) is 6.92 Å². The molecule has 0 aromatic carbocycles. The molecule has 2 rings (SSSR count). The van der Waals surface area contributed by atoms with Gasteiger partial charge in [-0.05, 0) is 52.2 Å². The van der Waals surface area contributed by atoms with Gasteiger partial charge in [-0.2, -0.15) is 0 Å². The fourth-order valence-corrected chi connectivity index (χ4v) is 3.42. The van der Waals surface area contributed by atoms with Crippen molar-refractivity contribution < 1.29 is 0 Å². The second-order valence-electron chi connectivity index (χ2n) is 6.15. The quantitative estimate of drug-likeness (QED) is 0.724. The van der Waals surface area contributed by atoms with E-state index in [0.717, 1.165) is 18.0 Å². The number of hydrogen-bond acceptors (Lipinski definition) is 3. The molecule has 3 unspecified atom stereocenters. The summed E-state index contributed by atoms with van der Waals surface area (Å²) in [6, 6.07) is 1.68. The van der Waals surface area contributed by atoms with Crippen LogP contribution in [0.4, 0.5) is 0 Å². The van der Waals surface area contributed by atoms with Gasteiger partial charge in [0.1, 0.15) is 0 Å². The highest BCUT2D eigenvalue weighted by atomic mass is 15.2. The molecule has 0 aromatic rings. The van der Waals surface area contributed by atoms with E-state index < -0.39 is 0 Å². The molecule has 2 aliphatic rings. The van der Waals surface area contributed by atoms with Crippen LogP contribution in [-0.2, 0) is 0 Å². The Labute approximate surface area is 107 Å². The lowest BCUT2D eigenvalue weighted by molar-refractivity contribution is 0.194. The molecule has 0 spiro atoms. The van der Waals surface area contributed by atoms with Crippen molar-refractivity contribution in [1.29, 1.82) is 0 Å². The van der Waals surface area contributed by atoms with Crippen LogP contribution >= 0.6 is 0 Å². The Morgan fingerprint density at radius 1 is 1.12 bits per heavy atom. The summed E-state index contributed by atoms with van der Waals surface area (Å²) in [5, 5.41) is 3.75. The molecule has 2 saturated heterocycles. The Morgan fingerprint density at radius 3 is 2.47 bits per heavy atom. The number of hydrogen-bond donors (Lipinski definition) is 1. The first kappa shape index (κ1) is 13.3. The van der Waals surface area contributed by atoms with E-state index in [4.69, 9.17) is 0 Å². The van der Waals surface area contributed by atoms with Gasteiger partial charge in [0.25, 0.3) is 0 Å². The van der Waals surface area contributed by atoms with Gasteiger partial charge in [0.2, 0.25) is 0 Å². The summed E-state index contributed by atoms with van der Waals surface area (Å²) < 4.78 is 0. The Bertz CT molecular complexity index is 230. The molecule has 1 N–H and O–H groups in total. The minimum atomic E-state index is 0.832. The zero-order valence-corrected chi connectivity index (χ0v) is 11.8. The van der Waals surface area contributed by atoms with E-state index in [-0.39, 0.29) is 0 Å². The Morgan fingerprint density at radius 2 is 1.94 bits per heavy atom. The minimum Gasteiger partial charge on any atom is -0.311 e. The van der Waals surface area contributed by atoms with Gasteiger partial charge in [-0.15, -0.1) is 0 Å². The number of nitrogens with zero attached hydrogens (tertiary/aromatic N) is 2. The van der Waals surface area contributed by atoms with Crippen LogP contribution in [0.5, 0.6) is 0 Å². The molecule has 3 nitrogen and oxygen atoms in total. The second kappa shape index (κ2) is 6.17. The predicted octanol–water partition coefficient (Wildman–Crippen LogP) is 1.40. The van der Waals surface area contributed by atoms with E-state index >= 15 is 0 Å². The van der Waals surface area contributed by atoms with E-state index in [1.165, 1.54) is 51.9 Å². The Balaban J connectivity index is 1.76. The van der Waals surface area contributed by atoms with Crippen molar-refractivity contribution in [3.8, 4) is 0 Å². The van der Waals surface area contributed by atoms with Crippen LogP contribution in [0.3, 0.4) is 0 Å². The van der Waals surface area contributed by atoms with E-state index in [1.807, 2.05) is 0 Å². The molecular weight excluding hydrogens is 210 g/mol. The van der Waals surface area contributed by atoms with Gasteiger partial charge < -0.3 is 15.1 Å². The van der Waals surface area contributed by atoms with Crippen molar-refractivity contribution in [1.82, 2.24) is 15.1 Å². The molecule has 3 atom stereocenters. The Hall–Kier alpha value is -0.120. The lowest BCUT2D eigenvalue weighted by Gasteiger charge is -2.29. The van der Waals surface area contributed by atoms with Crippen LogP contribution in [0.25, 0.3) is 0 Å². The van der Waals surface area contributed by atoms with Gasteiger partial charge in [-0.25, -0.2) is 0 Å². The molecular formula is C14H29N3. The number of rotatable bonds is 7. The fourth-order valence-electron chi connectivity index (χ4n) is 3.42.